The standard InChI is InChI=1S/C13H21N3S/c1-9-7-10(14)8-15-13(9)16-11-3-5-12(17-2)6-4-11/h7-8,11-12H,3-6,14H2,1-2H3,(H,15,16). The van der Waals surface area contributed by atoms with Gasteiger partial charge >= 0.3 is 0 Å². The van der Waals surface area contributed by atoms with Crippen molar-refractivity contribution in [3.63, 3.8) is 0 Å². The lowest BCUT2D eigenvalue weighted by molar-refractivity contribution is 0.472. The van der Waals surface area contributed by atoms with Gasteiger partial charge in [0.05, 0.1) is 11.9 Å². The topological polar surface area (TPSA) is 50.9 Å². The molecular formula is C13H21N3S. The van der Waals surface area contributed by atoms with Gasteiger partial charge in [-0.05, 0) is 50.5 Å². The van der Waals surface area contributed by atoms with Crippen molar-refractivity contribution in [1.29, 1.82) is 0 Å². The highest BCUT2D eigenvalue weighted by atomic mass is 32.2. The first kappa shape index (κ1) is 12.6. The normalized spacial score (nSPS) is 24.6. The fourth-order valence-corrected chi connectivity index (χ4v) is 3.13. The van der Waals surface area contributed by atoms with Crippen LogP contribution >= 0.6 is 11.8 Å². The SMILES string of the molecule is CSC1CCC(Nc2ncc(N)cc2C)CC1. The van der Waals surface area contributed by atoms with Crippen molar-refractivity contribution in [2.24, 2.45) is 0 Å². The Kier molecular flexibility index (Phi) is 4.15. The van der Waals surface area contributed by atoms with Gasteiger partial charge in [0, 0.05) is 11.3 Å². The molecule has 1 fully saturated rings. The number of nitrogens with two attached hydrogens (primary N) is 1. The Balaban J connectivity index is 1.93. The third-order valence-corrected chi connectivity index (χ3v) is 4.59. The zero-order chi connectivity index (χ0) is 12.3. The number of hydrogen-bond acceptors (Lipinski definition) is 4. The van der Waals surface area contributed by atoms with E-state index >= 15 is 0 Å². The van der Waals surface area contributed by atoms with E-state index in [4.69, 9.17) is 5.73 Å². The van der Waals surface area contributed by atoms with Crippen LogP contribution in [0, 0.1) is 6.92 Å². The fourth-order valence-electron chi connectivity index (χ4n) is 2.38. The van der Waals surface area contributed by atoms with Gasteiger partial charge in [0.15, 0.2) is 0 Å². The summed E-state index contributed by atoms with van der Waals surface area (Å²) in [6, 6.07) is 2.55. The molecule has 0 unspecified atom stereocenters. The molecule has 3 N–H and O–H groups in total. The van der Waals surface area contributed by atoms with Crippen molar-refractivity contribution in [2.45, 2.75) is 43.9 Å². The number of aryl methyl sites for hydroxylation is 1. The zero-order valence-corrected chi connectivity index (χ0v) is 11.4. The number of nitrogens with zero attached hydrogens (tertiary/aromatic N) is 1. The lowest BCUT2D eigenvalue weighted by Gasteiger charge is -2.28. The highest BCUT2D eigenvalue weighted by Crippen LogP contribution is 2.29. The number of aromatic nitrogens is 1. The van der Waals surface area contributed by atoms with Crippen LogP contribution in [0.4, 0.5) is 11.5 Å². The Morgan fingerprint density at radius 2 is 2.06 bits per heavy atom. The minimum absolute atomic E-state index is 0.577. The minimum Gasteiger partial charge on any atom is -0.397 e. The maximum absolute atomic E-state index is 5.70. The molecule has 2 rings (SSSR count). The van der Waals surface area contributed by atoms with Crippen LogP contribution in [0.15, 0.2) is 12.3 Å². The number of anilines is 2. The van der Waals surface area contributed by atoms with Crippen LogP contribution in [0.25, 0.3) is 0 Å². The molecule has 1 aliphatic carbocycles. The van der Waals surface area contributed by atoms with Gasteiger partial charge in [-0.25, -0.2) is 4.98 Å². The zero-order valence-electron chi connectivity index (χ0n) is 10.6. The van der Waals surface area contributed by atoms with Gasteiger partial charge < -0.3 is 11.1 Å². The second-order valence-corrected chi connectivity index (χ2v) is 5.93. The second-order valence-electron chi connectivity index (χ2n) is 4.79. The van der Waals surface area contributed by atoms with Gasteiger partial charge in [0.25, 0.3) is 0 Å². The van der Waals surface area contributed by atoms with Crippen LogP contribution in [-0.4, -0.2) is 22.5 Å². The summed E-state index contributed by atoms with van der Waals surface area (Å²) in [5, 5.41) is 4.40. The minimum atomic E-state index is 0.577. The first-order valence-corrected chi connectivity index (χ1v) is 7.49. The molecule has 3 nitrogen and oxygen atoms in total. The van der Waals surface area contributed by atoms with E-state index in [0.29, 0.717) is 6.04 Å². The molecule has 1 aromatic heterocycles. The fraction of sp³-hybridized carbons (Fsp3) is 0.615. The molecule has 0 spiro atoms. The Bertz CT molecular complexity index is 373. The largest absolute Gasteiger partial charge is 0.397 e. The Morgan fingerprint density at radius 1 is 1.35 bits per heavy atom. The summed E-state index contributed by atoms with van der Waals surface area (Å²) in [6.45, 7) is 2.05. The van der Waals surface area contributed by atoms with E-state index in [1.807, 2.05) is 17.8 Å². The molecule has 0 aliphatic heterocycles. The van der Waals surface area contributed by atoms with Gasteiger partial charge in [-0.2, -0.15) is 11.8 Å². The average molecular weight is 251 g/mol. The van der Waals surface area contributed by atoms with Gasteiger partial charge in [0.2, 0.25) is 0 Å². The van der Waals surface area contributed by atoms with Crippen LogP contribution in [0.1, 0.15) is 31.2 Å². The van der Waals surface area contributed by atoms with Crippen LogP contribution in [0.5, 0.6) is 0 Å². The molecular weight excluding hydrogens is 230 g/mol. The summed E-state index contributed by atoms with van der Waals surface area (Å²) in [5.41, 5.74) is 7.58. The maximum atomic E-state index is 5.70. The predicted octanol–water partition coefficient (Wildman–Crippen LogP) is 3.06. The highest BCUT2D eigenvalue weighted by molar-refractivity contribution is 7.99. The van der Waals surface area contributed by atoms with E-state index in [1.165, 1.54) is 25.7 Å². The van der Waals surface area contributed by atoms with Crippen molar-refractivity contribution in [3.05, 3.63) is 17.8 Å². The van der Waals surface area contributed by atoms with E-state index in [2.05, 4.69) is 23.5 Å². The quantitative estimate of drug-likeness (QED) is 0.867. The van der Waals surface area contributed by atoms with Gasteiger partial charge in [-0.15, -0.1) is 0 Å². The Hall–Kier alpha value is -0.900. The number of nitrogen functional groups attached to an aromatic ring is 1. The number of pyridine rings is 1. The molecule has 0 radical (unpaired) electrons. The second kappa shape index (κ2) is 5.63. The summed E-state index contributed by atoms with van der Waals surface area (Å²) in [7, 11) is 0. The van der Waals surface area contributed by atoms with Crippen LogP contribution < -0.4 is 11.1 Å². The van der Waals surface area contributed by atoms with E-state index in [-0.39, 0.29) is 0 Å². The monoisotopic (exact) mass is 251 g/mol. The molecule has 0 amide bonds. The molecule has 0 atom stereocenters. The summed E-state index contributed by atoms with van der Waals surface area (Å²) in [6.07, 6.45) is 9.06. The lowest BCUT2D eigenvalue weighted by Crippen LogP contribution is -2.27. The molecule has 0 bridgehead atoms. The summed E-state index contributed by atoms with van der Waals surface area (Å²) < 4.78 is 0. The predicted molar refractivity (Wildman–Crippen MR) is 76.6 cm³/mol. The first-order valence-electron chi connectivity index (χ1n) is 6.20. The summed E-state index contributed by atoms with van der Waals surface area (Å²) in [5.74, 6) is 0.992. The molecule has 1 aromatic rings. The first-order chi connectivity index (χ1) is 8.19. The lowest BCUT2D eigenvalue weighted by atomic mass is 9.95. The van der Waals surface area contributed by atoms with Crippen LogP contribution in [-0.2, 0) is 0 Å². The van der Waals surface area contributed by atoms with Gasteiger partial charge in [-0.1, -0.05) is 0 Å². The molecule has 1 heterocycles. The van der Waals surface area contributed by atoms with Crippen LogP contribution in [0.2, 0.25) is 0 Å². The van der Waals surface area contributed by atoms with Gasteiger partial charge in [-0.3, -0.25) is 0 Å². The van der Waals surface area contributed by atoms with E-state index in [0.717, 1.165) is 22.3 Å². The molecule has 4 heteroatoms. The van der Waals surface area contributed by atoms with E-state index in [1.54, 1.807) is 6.20 Å². The number of hydrogen-bond donors (Lipinski definition) is 2. The Morgan fingerprint density at radius 3 is 2.65 bits per heavy atom. The van der Waals surface area contributed by atoms with Crippen molar-refractivity contribution in [3.8, 4) is 0 Å². The van der Waals surface area contributed by atoms with Crippen molar-refractivity contribution < 1.29 is 0 Å². The smallest absolute Gasteiger partial charge is 0.129 e. The summed E-state index contributed by atoms with van der Waals surface area (Å²) in [4.78, 5) is 4.37. The summed E-state index contributed by atoms with van der Waals surface area (Å²) >= 11 is 2.00. The number of nitrogens with one attached hydrogen (secondary N) is 1. The molecule has 0 saturated heterocycles. The third kappa shape index (κ3) is 3.28. The van der Waals surface area contributed by atoms with Crippen LogP contribution in [0.3, 0.4) is 0 Å². The van der Waals surface area contributed by atoms with E-state index in [9.17, 15) is 0 Å². The Labute approximate surface area is 108 Å². The maximum Gasteiger partial charge on any atom is 0.129 e. The van der Waals surface area contributed by atoms with Gasteiger partial charge in [0.1, 0.15) is 5.82 Å². The molecule has 17 heavy (non-hydrogen) atoms. The molecule has 94 valence electrons. The average Bonchev–Trinajstić information content (AvgIpc) is 2.34. The van der Waals surface area contributed by atoms with Crippen molar-refractivity contribution >= 4 is 23.3 Å². The van der Waals surface area contributed by atoms with Crippen molar-refractivity contribution in [1.82, 2.24) is 4.98 Å². The third-order valence-electron chi connectivity index (χ3n) is 3.45. The molecule has 1 aliphatic rings. The highest BCUT2D eigenvalue weighted by Gasteiger charge is 2.20. The van der Waals surface area contributed by atoms with E-state index < -0.39 is 0 Å². The number of thioether (sulfide) groups is 1. The molecule has 0 aromatic carbocycles. The molecule has 1 saturated carbocycles. The van der Waals surface area contributed by atoms with Crippen molar-refractivity contribution in [2.75, 3.05) is 17.3 Å². The number of rotatable bonds is 3.